The van der Waals surface area contributed by atoms with Crippen molar-refractivity contribution < 1.29 is 13.9 Å². The van der Waals surface area contributed by atoms with Gasteiger partial charge in [0.2, 0.25) is 18.2 Å². The number of hydrogen-bond donors (Lipinski definition) is 0. The fraction of sp³-hybridized carbons (Fsp3) is 0.474. The minimum atomic E-state index is 0.0648. The molecular weight excluding hydrogens is 360 g/mol. The second kappa shape index (κ2) is 7.69. The van der Waals surface area contributed by atoms with Crippen molar-refractivity contribution in [3.05, 3.63) is 36.8 Å². The highest BCUT2D eigenvalue weighted by atomic mass is 16.5. The summed E-state index contributed by atoms with van der Waals surface area (Å²) in [6.45, 7) is 5.80. The lowest BCUT2D eigenvalue weighted by Crippen LogP contribution is -2.46. The van der Waals surface area contributed by atoms with E-state index in [1.807, 2.05) is 6.07 Å². The quantitative estimate of drug-likeness (QED) is 0.651. The van der Waals surface area contributed by atoms with Gasteiger partial charge in [-0.1, -0.05) is 0 Å². The zero-order valence-corrected chi connectivity index (χ0v) is 15.5. The summed E-state index contributed by atoms with van der Waals surface area (Å²) in [4.78, 5) is 13.5. The number of anilines is 1. The fourth-order valence-corrected chi connectivity index (χ4v) is 3.70. The monoisotopic (exact) mass is 382 g/mol. The average molecular weight is 382 g/mol. The zero-order valence-electron chi connectivity index (χ0n) is 15.5. The van der Waals surface area contributed by atoms with Crippen molar-refractivity contribution in [2.45, 2.75) is 19.1 Å². The van der Waals surface area contributed by atoms with Crippen molar-refractivity contribution in [3.8, 4) is 5.88 Å². The average Bonchev–Trinajstić information content (AvgIpc) is 3.43. The van der Waals surface area contributed by atoms with Gasteiger partial charge in [-0.2, -0.15) is 0 Å². The molecule has 0 amide bonds. The molecule has 2 aromatic heterocycles. The van der Waals surface area contributed by atoms with Gasteiger partial charge in [0.25, 0.3) is 0 Å². The van der Waals surface area contributed by atoms with Crippen molar-refractivity contribution in [1.82, 2.24) is 25.1 Å². The predicted octanol–water partition coefficient (Wildman–Crippen LogP) is 1.50. The van der Waals surface area contributed by atoms with E-state index in [4.69, 9.17) is 13.9 Å². The zero-order chi connectivity index (χ0) is 18.8. The molecule has 2 fully saturated rings. The summed E-state index contributed by atoms with van der Waals surface area (Å²) < 4.78 is 16.7. The number of rotatable bonds is 5. The number of fused-ring (bicyclic) bond motifs is 1. The minimum Gasteiger partial charge on any atom is -0.471 e. The number of piperazine rings is 1. The second-order valence-electron chi connectivity index (χ2n) is 7.08. The van der Waals surface area contributed by atoms with Gasteiger partial charge in [0.1, 0.15) is 12.4 Å². The van der Waals surface area contributed by atoms with E-state index < -0.39 is 0 Å². The molecule has 146 valence electrons. The van der Waals surface area contributed by atoms with E-state index in [1.165, 1.54) is 6.39 Å². The predicted molar refractivity (Wildman–Crippen MR) is 101 cm³/mol. The van der Waals surface area contributed by atoms with E-state index in [9.17, 15) is 0 Å². The molecule has 5 rings (SSSR count). The minimum absolute atomic E-state index is 0.0648. The van der Waals surface area contributed by atoms with Crippen molar-refractivity contribution in [1.29, 1.82) is 0 Å². The summed E-state index contributed by atoms with van der Waals surface area (Å²) in [5, 5.41) is 8.65. The highest BCUT2D eigenvalue weighted by Gasteiger charge is 2.21. The molecule has 2 saturated heterocycles. The number of benzene rings is 1. The number of aromatic nitrogens is 4. The van der Waals surface area contributed by atoms with Gasteiger partial charge in [0.15, 0.2) is 0 Å². The van der Waals surface area contributed by atoms with Crippen LogP contribution in [0.25, 0.3) is 10.9 Å². The SMILES string of the molecule is c1nc(OC2CCOC2)c2cc(N3CCN(Cc4nnco4)CC3)ccc2n1. The first-order chi connectivity index (χ1) is 13.8. The molecule has 1 unspecified atom stereocenters. The molecule has 0 bridgehead atoms. The van der Waals surface area contributed by atoms with E-state index in [1.54, 1.807) is 6.33 Å². The van der Waals surface area contributed by atoms with Crippen molar-refractivity contribution in [3.63, 3.8) is 0 Å². The summed E-state index contributed by atoms with van der Waals surface area (Å²) in [5.41, 5.74) is 2.05. The molecule has 3 aromatic rings. The molecule has 0 saturated carbocycles. The van der Waals surface area contributed by atoms with Gasteiger partial charge < -0.3 is 18.8 Å². The Bertz CT molecular complexity index is 921. The van der Waals surface area contributed by atoms with Crippen LogP contribution in [0.4, 0.5) is 5.69 Å². The van der Waals surface area contributed by atoms with E-state index in [0.717, 1.165) is 55.8 Å². The first kappa shape index (κ1) is 17.3. The van der Waals surface area contributed by atoms with Gasteiger partial charge in [-0.05, 0) is 18.2 Å². The molecule has 0 radical (unpaired) electrons. The fourth-order valence-electron chi connectivity index (χ4n) is 3.70. The van der Waals surface area contributed by atoms with Gasteiger partial charge in [-0.15, -0.1) is 10.2 Å². The molecule has 9 nitrogen and oxygen atoms in total. The van der Waals surface area contributed by atoms with Gasteiger partial charge in [-0.3, -0.25) is 4.90 Å². The molecule has 1 atom stereocenters. The van der Waals surface area contributed by atoms with Gasteiger partial charge in [0.05, 0.1) is 30.7 Å². The third-order valence-corrected chi connectivity index (χ3v) is 5.25. The largest absolute Gasteiger partial charge is 0.471 e. The maximum Gasteiger partial charge on any atom is 0.230 e. The standard InChI is InChI=1S/C19H22N6O3/c1-2-17-16(19(21-12-20-17)28-15-3-8-26-11-15)9-14(1)25-6-4-24(5-7-25)10-18-23-22-13-27-18/h1-2,9,12-13,15H,3-8,10-11H2. The lowest BCUT2D eigenvalue weighted by atomic mass is 10.2. The third-order valence-electron chi connectivity index (χ3n) is 5.25. The molecule has 1 aromatic carbocycles. The lowest BCUT2D eigenvalue weighted by molar-refractivity contribution is 0.139. The van der Waals surface area contributed by atoms with E-state index >= 15 is 0 Å². The molecule has 2 aliphatic heterocycles. The Balaban J connectivity index is 1.30. The van der Waals surface area contributed by atoms with E-state index in [0.29, 0.717) is 24.9 Å². The smallest absolute Gasteiger partial charge is 0.230 e. The molecular formula is C19H22N6O3. The first-order valence-electron chi connectivity index (χ1n) is 9.57. The van der Waals surface area contributed by atoms with Crippen LogP contribution in [0.1, 0.15) is 12.3 Å². The van der Waals surface area contributed by atoms with Crippen LogP contribution in [0.2, 0.25) is 0 Å². The van der Waals surface area contributed by atoms with Crippen LogP contribution < -0.4 is 9.64 Å². The van der Waals surface area contributed by atoms with Crippen molar-refractivity contribution in [2.24, 2.45) is 0 Å². The van der Waals surface area contributed by atoms with Crippen LogP contribution in [-0.4, -0.2) is 70.6 Å². The molecule has 0 N–H and O–H groups in total. The molecule has 4 heterocycles. The lowest BCUT2D eigenvalue weighted by Gasteiger charge is -2.35. The Labute approximate surface area is 162 Å². The van der Waals surface area contributed by atoms with Crippen molar-refractivity contribution in [2.75, 3.05) is 44.3 Å². The van der Waals surface area contributed by atoms with Gasteiger partial charge in [-0.25, -0.2) is 9.97 Å². The van der Waals surface area contributed by atoms with Gasteiger partial charge >= 0.3 is 0 Å². The first-order valence-corrected chi connectivity index (χ1v) is 9.57. The van der Waals surface area contributed by atoms with Crippen LogP contribution in [0.3, 0.4) is 0 Å². The van der Waals surface area contributed by atoms with Crippen LogP contribution in [-0.2, 0) is 11.3 Å². The molecule has 9 heteroatoms. The van der Waals surface area contributed by atoms with Crippen molar-refractivity contribution >= 4 is 16.6 Å². The normalized spacial score (nSPS) is 20.7. The molecule has 0 aliphatic carbocycles. The summed E-state index contributed by atoms with van der Waals surface area (Å²) in [5.74, 6) is 1.30. The summed E-state index contributed by atoms with van der Waals surface area (Å²) in [6.07, 6.45) is 3.89. The van der Waals surface area contributed by atoms with E-state index in [-0.39, 0.29) is 6.10 Å². The van der Waals surface area contributed by atoms with Crippen LogP contribution in [0.15, 0.2) is 35.3 Å². The molecule has 28 heavy (non-hydrogen) atoms. The Hall–Kier alpha value is -2.78. The number of hydrogen-bond acceptors (Lipinski definition) is 9. The molecule has 0 spiro atoms. The molecule has 2 aliphatic rings. The van der Waals surface area contributed by atoms with Crippen LogP contribution in [0, 0.1) is 0 Å². The number of nitrogens with zero attached hydrogens (tertiary/aromatic N) is 6. The third kappa shape index (κ3) is 3.63. The summed E-state index contributed by atoms with van der Waals surface area (Å²) in [7, 11) is 0. The van der Waals surface area contributed by atoms with Gasteiger partial charge in [0, 0.05) is 38.3 Å². The Morgan fingerprint density at radius 1 is 1.14 bits per heavy atom. The van der Waals surface area contributed by atoms with Crippen LogP contribution >= 0.6 is 0 Å². The maximum atomic E-state index is 6.08. The topological polar surface area (TPSA) is 89.6 Å². The Morgan fingerprint density at radius 3 is 2.86 bits per heavy atom. The van der Waals surface area contributed by atoms with Crippen LogP contribution in [0.5, 0.6) is 5.88 Å². The highest BCUT2D eigenvalue weighted by molar-refractivity contribution is 5.86. The second-order valence-corrected chi connectivity index (χ2v) is 7.08. The highest BCUT2D eigenvalue weighted by Crippen LogP contribution is 2.29. The maximum absolute atomic E-state index is 6.08. The summed E-state index contributed by atoms with van der Waals surface area (Å²) >= 11 is 0. The Kier molecular flexibility index (Phi) is 4.76. The van der Waals surface area contributed by atoms with E-state index in [2.05, 4.69) is 42.1 Å². The number of ether oxygens (including phenoxy) is 2. The Morgan fingerprint density at radius 2 is 2.07 bits per heavy atom. The summed E-state index contributed by atoms with van der Waals surface area (Å²) in [6, 6.07) is 6.29.